The van der Waals surface area contributed by atoms with Crippen molar-refractivity contribution in [1.82, 2.24) is 19.6 Å². The maximum atomic E-state index is 5.43. The Kier molecular flexibility index (Phi) is 5.68. The molecule has 2 aliphatic heterocycles. The van der Waals surface area contributed by atoms with Gasteiger partial charge in [0.25, 0.3) is 0 Å². The molecule has 1 aromatic carbocycles. The van der Waals surface area contributed by atoms with Gasteiger partial charge in [0.1, 0.15) is 0 Å². The zero-order chi connectivity index (χ0) is 17.8. The lowest BCUT2D eigenvalue weighted by Crippen LogP contribution is -2.43. The third-order valence-corrected chi connectivity index (χ3v) is 5.75. The Bertz CT molecular complexity index is 685. The SMILES string of the molecule is Cc1cc(C2CCN(CCN3CCOCC3)CC2)nn1-c1ccccc1. The third kappa shape index (κ3) is 4.17. The average molecular weight is 354 g/mol. The highest BCUT2D eigenvalue weighted by molar-refractivity contribution is 5.33. The number of morpholine rings is 1. The van der Waals surface area contributed by atoms with Gasteiger partial charge in [-0.2, -0.15) is 5.10 Å². The Hall–Kier alpha value is -1.69. The molecule has 4 rings (SSSR count). The molecule has 140 valence electrons. The fourth-order valence-electron chi connectivity index (χ4n) is 4.09. The molecular weight excluding hydrogens is 324 g/mol. The Morgan fingerprint density at radius 3 is 2.31 bits per heavy atom. The number of aryl methyl sites for hydroxylation is 1. The van der Waals surface area contributed by atoms with Crippen molar-refractivity contribution in [2.24, 2.45) is 0 Å². The molecule has 26 heavy (non-hydrogen) atoms. The Morgan fingerprint density at radius 1 is 0.962 bits per heavy atom. The Balaban J connectivity index is 1.31. The van der Waals surface area contributed by atoms with Gasteiger partial charge in [-0.1, -0.05) is 18.2 Å². The first-order valence-corrected chi connectivity index (χ1v) is 9.94. The van der Waals surface area contributed by atoms with Crippen LogP contribution in [0.2, 0.25) is 0 Å². The second-order valence-corrected chi connectivity index (χ2v) is 7.53. The maximum absolute atomic E-state index is 5.43. The van der Waals surface area contributed by atoms with Gasteiger partial charge in [0.15, 0.2) is 0 Å². The number of nitrogens with zero attached hydrogens (tertiary/aromatic N) is 4. The second kappa shape index (κ2) is 8.33. The molecule has 0 saturated carbocycles. The summed E-state index contributed by atoms with van der Waals surface area (Å²) in [5.74, 6) is 0.596. The minimum atomic E-state index is 0.596. The minimum absolute atomic E-state index is 0.596. The smallest absolute Gasteiger partial charge is 0.0663 e. The number of hydrogen-bond donors (Lipinski definition) is 0. The van der Waals surface area contributed by atoms with Crippen LogP contribution < -0.4 is 0 Å². The van der Waals surface area contributed by atoms with Crippen LogP contribution in [0.3, 0.4) is 0 Å². The second-order valence-electron chi connectivity index (χ2n) is 7.53. The van der Waals surface area contributed by atoms with E-state index >= 15 is 0 Å². The summed E-state index contributed by atoms with van der Waals surface area (Å²) in [6.07, 6.45) is 2.43. The zero-order valence-electron chi connectivity index (χ0n) is 15.8. The van der Waals surface area contributed by atoms with E-state index in [0.29, 0.717) is 5.92 Å². The maximum Gasteiger partial charge on any atom is 0.0663 e. The number of rotatable bonds is 5. The molecule has 3 heterocycles. The van der Waals surface area contributed by atoms with Crippen LogP contribution in [0.5, 0.6) is 0 Å². The molecule has 5 nitrogen and oxygen atoms in total. The topological polar surface area (TPSA) is 33.5 Å². The van der Waals surface area contributed by atoms with Gasteiger partial charge in [-0.25, -0.2) is 4.68 Å². The van der Waals surface area contributed by atoms with Crippen molar-refractivity contribution in [3.8, 4) is 5.69 Å². The van der Waals surface area contributed by atoms with Crippen molar-refractivity contribution < 1.29 is 4.74 Å². The predicted octanol–water partition coefficient (Wildman–Crippen LogP) is 2.69. The highest BCUT2D eigenvalue weighted by atomic mass is 16.5. The first-order valence-electron chi connectivity index (χ1n) is 9.94. The van der Waals surface area contributed by atoms with Crippen molar-refractivity contribution in [3.63, 3.8) is 0 Å². The first kappa shape index (κ1) is 17.7. The molecule has 2 saturated heterocycles. The minimum Gasteiger partial charge on any atom is -0.379 e. The molecule has 0 radical (unpaired) electrons. The summed E-state index contributed by atoms with van der Waals surface area (Å²) in [5.41, 5.74) is 3.64. The molecule has 0 unspecified atom stereocenters. The van der Waals surface area contributed by atoms with E-state index in [1.54, 1.807) is 0 Å². The summed E-state index contributed by atoms with van der Waals surface area (Å²) in [7, 11) is 0. The number of aromatic nitrogens is 2. The standard InChI is InChI=1S/C21H30N4O/c1-18-17-21(22-25(18)20-5-3-2-4-6-20)19-7-9-23(10-8-19)11-12-24-13-15-26-16-14-24/h2-6,17,19H,7-16H2,1H3. The average Bonchev–Trinajstić information content (AvgIpc) is 3.10. The van der Waals surface area contributed by atoms with Gasteiger partial charge in [-0.3, -0.25) is 4.90 Å². The van der Waals surface area contributed by atoms with E-state index < -0.39 is 0 Å². The number of hydrogen-bond acceptors (Lipinski definition) is 4. The van der Waals surface area contributed by atoms with Crippen molar-refractivity contribution >= 4 is 0 Å². The molecule has 5 heteroatoms. The molecule has 0 amide bonds. The van der Waals surface area contributed by atoms with Crippen LogP contribution in [-0.2, 0) is 4.74 Å². The van der Waals surface area contributed by atoms with Crippen LogP contribution in [0.15, 0.2) is 36.4 Å². The number of ether oxygens (including phenoxy) is 1. The summed E-state index contributed by atoms with van der Waals surface area (Å²) < 4.78 is 7.52. The molecule has 2 aliphatic rings. The van der Waals surface area contributed by atoms with Gasteiger partial charge < -0.3 is 9.64 Å². The summed E-state index contributed by atoms with van der Waals surface area (Å²) in [6, 6.07) is 12.7. The quantitative estimate of drug-likeness (QED) is 0.827. The van der Waals surface area contributed by atoms with Gasteiger partial charge >= 0.3 is 0 Å². The van der Waals surface area contributed by atoms with E-state index in [2.05, 4.69) is 57.8 Å². The van der Waals surface area contributed by atoms with Crippen LogP contribution in [0.4, 0.5) is 0 Å². The van der Waals surface area contributed by atoms with Crippen molar-refractivity contribution in [3.05, 3.63) is 47.8 Å². The van der Waals surface area contributed by atoms with Crippen molar-refractivity contribution in [1.29, 1.82) is 0 Å². The number of piperidine rings is 1. The molecule has 1 aromatic heterocycles. The van der Waals surface area contributed by atoms with Crippen molar-refractivity contribution in [2.45, 2.75) is 25.7 Å². The number of para-hydroxylation sites is 1. The van der Waals surface area contributed by atoms with E-state index in [1.807, 2.05) is 0 Å². The monoisotopic (exact) mass is 354 g/mol. The molecule has 0 bridgehead atoms. The molecular formula is C21H30N4O. The van der Waals surface area contributed by atoms with Crippen LogP contribution >= 0.6 is 0 Å². The summed E-state index contributed by atoms with van der Waals surface area (Å²) in [4.78, 5) is 5.15. The van der Waals surface area contributed by atoms with Crippen molar-refractivity contribution in [2.75, 3.05) is 52.5 Å². The van der Waals surface area contributed by atoms with Gasteiger partial charge in [0.05, 0.1) is 24.6 Å². The summed E-state index contributed by atoms with van der Waals surface area (Å²) >= 11 is 0. The van der Waals surface area contributed by atoms with Gasteiger partial charge in [-0.15, -0.1) is 0 Å². The van der Waals surface area contributed by atoms with Gasteiger partial charge in [0.2, 0.25) is 0 Å². The largest absolute Gasteiger partial charge is 0.379 e. The molecule has 0 spiro atoms. The van der Waals surface area contributed by atoms with E-state index in [1.165, 1.54) is 50.4 Å². The van der Waals surface area contributed by atoms with E-state index in [4.69, 9.17) is 9.84 Å². The first-order chi connectivity index (χ1) is 12.8. The number of likely N-dealkylation sites (tertiary alicyclic amines) is 1. The van der Waals surface area contributed by atoms with Crippen LogP contribution in [0, 0.1) is 6.92 Å². The fourth-order valence-corrected chi connectivity index (χ4v) is 4.09. The van der Waals surface area contributed by atoms with Crippen LogP contribution in [0.1, 0.15) is 30.1 Å². The Morgan fingerprint density at radius 2 is 1.62 bits per heavy atom. The zero-order valence-corrected chi connectivity index (χ0v) is 15.8. The molecule has 2 aromatic rings. The van der Waals surface area contributed by atoms with Gasteiger partial charge in [0, 0.05) is 37.8 Å². The summed E-state index contributed by atoms with van der Waals surface area (Å²) in [6.45, 7) is 10.9. The lowest BCUT2D eigenvalue weighted by Gasteiger charge is -2.34. The van der Waals surface area contributed by atoms with E-state index in [9.17, 15) is 0 Å². The van der Waals surface area contributed by atoms with E-state index in [0.717, 1.165) is 32.0 Å². The fraction of sp³-hybridized carbons (Fsp3) is 0.571. The lowest BCUT2D eigenvalue weighted by molar-refractivity contribution is 0.0320. The summed E-state index contributed by atoms with van der Waals surface area (Å²) in [5, 5.41) is 4.92. The highest BCUT2D eigenvalue weighted by Crippen LogP contribution is 2.28. The lowest BCUT2D eigenvalue weighted by atomic mass is 9.93. The Labute approximate surface area is 156 Å². The van der Waals surface area contributed by atoms with Crippen LogP contribution in [-0.4, -0.2) is 72.1 Å². The van der Waals surface area contributed by atoms with Gasteiger partial charge in [-0.05, 0) is 51.1 Å². The normalized spacial score (nSPS) is 20.5. The predicted molar refractivity (Wildman–Crippen MR) is 104 cm³/mol. The molecule has 0 aliphatic carbocycles. The number of benzene rings is 1. The van der Waals surface area contributed by atoms with E-state index in [-0.39, 0.29) is 0 Å². The molecule has 0 atom stereocenters. The molecule has 0 N–H and O–H groups in total. The van der Waals surface area contributed by atoms with Crippen LogP contribution in [0.25, 0.3) is 5.69 Å². The highest BCUT2D eigenvalue weighted by Gasteiger charge is 2.23. The molecule has 2 fully saturated rings. The third-order valence-electron chi connectivity index (χ3n) is 5.75.